The molecule has 2 amide bonds. The Morgan fingerprint density at radius 1 is 1.13 bits per heavy atom. The molecule has 6 atom stereocenters. The fraction of sp³-hybridized carbons (Fsp3) is 0.537. The van der Waals surface area contributed by atoms with E-state index in [2.05, 4.69) is 60.3 Å². The lowest BCUT2D eigenvalue weighted by molar-refractivity contribution is -0.156. The molecule has 7 rings (SSSR count). The van der Waals surface area contributed by atoms with Crippen molar-refractivity contribution in [2.24, 2.45) is 17.3 Å². The zero-order chi connectivity index (χ0) is 38.5. The predicted octanol–water partition coefficient (Wildman–Crippen LogP) is 6.60. The SMILES string of the molecule is CCn1c(-c2cccnc2[C@H](C)OC)c2c3cc(ccc31)-c1csc(n1)[C@@H](N(C)C)[C@H](NC(=O)[C@H]1C[C@@H]1C)C(=O)N1CCC[C@H](N1)C(=O)OCC(C)(C)C2.S.S.S.S.S.S. The average molecular weight is 960 g/mol. The summed E-state index contributed by atoms with van der Waals surface area (Å²) in [6, 6.07) is 8.38. The monoisotopic (exact) mass is 959 g/mol. The van der Waals surface area contributed by atoms with Gasteiger partial charge in [0.25, 0.3) is 5.91 Å². The second-order valence-electron chi connectivity index (χ2n) is 16.2. The number of carbonyl (C=O) groups excluding carboxylic acids is 3. The first kappa shape index (κ1) is 55.9. The van der Waals surface area contributed by atoms with E-state index >= 15 is 0 Å². The van der Waals surface area contributed by atoms with Crippen LogP contribution in [0.3, 0.4) is 0 Å². The minimum Gasteiger partial charge on any atom is -0.464 e. The number of cyclic esters (lactones) is 1. The number of aromatic nitrogens is 3. The van der Waals surface area contributed by atoms with Gasteiger partial charge in [-0.25, -0.2) is 10.4 Å². The van der Waals surface area contributed by atoms with Gasteiger partial charge in [0, 0.05) is 65.1 Å². The fourth-order valence-corrected chi connectivity index (χ4v) is 9.13. The molecule has 2 fully saturated rings. The first-order valence-corrected chi connectivity index (χ1v) is 20.0. The molecule has 0 spiro atoms. The van der Waals surface area contributed by atoms with Gasteiger partial charge in [-0.05, 0) is 89.4 Å². The third-order valence-electron chi connectivity index (χ3n) is 11.3. The van der Waals surface area contributed by atoms with Crippen LogP contribution in [0.1, 0.15) is 82.3 Å². The number of nitrogens with one attached hydrogen (secondary N) is 2. The van der Waals surface area contributed by atoms with Crippen molar-refractivity contribution < 1.29 is 23.9 Å². The number of fused-ring (bicyclic) bond motifs is 6. The first-order chi connectivity index (χ1) is 25.8. The molecular weight excluding hydrogens is 895 g/mol. The number of likely N-dealkylation sites (N-methyl/N-ethyl adjacent to an activating group) is 1. The van der Waals surface area contributed by atoms with Crippen molar-refractivity contribution >= 4 is 121 Å². The fourth-order valence-electron chi connectivity index (χ4n) is 8.07. The highest BCUT2D eigenvalue weighted by molar-refractivity contribution is 7.60. The highest BCUT2D eigenvalue weighted by Crippen LogP contribution is 2.43. The van der Waals surface area contributed by atoms with Crippen molar-refractivity contribution in [1.29, 1.82) is 0 Å². The van der Waals surface area contributed by atoms with Crippen molar-refractivity contribution in [3.05, 3.63) is 58.2 Å². The summed E-state index contributed by atoms with van der Waals surface area (Å²) in [5.74, 6) is -0.681. The van der Waals surface area contributed by atoms with Gasteiger partial charge in [0.05, 0.1) is 35.8 Å². The highest BCUT2D eigenvalue weighted by Gasteiger charge is 2.45. The smallest absolute Gasteiger partial charge is 0.324 e. The molecule has 6 bridgehead atoms. The maximum Gasteiger partial charge on any atom is 0.324 e. The van der Waals surface area contributed by atoms with E-state index in [1.54, 1.807) is 13.3 Å². The molecule has 19 heteroatoms. The second-order valence-corrected chi connectivity index (χ2v) is 17.1. The summed E-state index contributed by atoms with van der Waals surface area (Å²) >= 11 is 1.48. The van der Waals surface area contributed by atoms with Gasteiger partial charge in [0.1, 0.15) is 17.1 Å². The van der Waals surface area contributed by atoms with Crippen LogP contribution in [0.25, 0.3) is 33.4 Å². The van der Waals surface area contributed by atoms with Gasteiger partial charge in [-0.1, -0.05) is 26.8 Å². The van der Waals surface area contributed by atoms with Crippen LogP contribution in [0.15, 0.2) is 41.9 Å². The Bertz CT molecular complexity index is 2080. The van der Waals surface area contributed by atoms with Crippen molar-refractivity contribution in [3.8, 4) is 22.5 Å². The van der Waals surface area contributed by atoms with Gasteiger partial charge < -0.3 is 19.4 Å². The van der Waals surface area contributed by atoms with Gasteiger partial charge in [0.15, 0.2) is 0 Å². The summed E-state index contributed by atoms with van der Waals surface area (Å²) in [4.78, 5) is 53.6. The number of hydrogen-bond acceptors (Lipinski definition) is 10. The number of benzene rings is 1. The molecule has 1 saturated carbocycles. The quantitative estimate of drug-likeness (QED) is 0.197. The van der Waals surface area contributed by atoms with Gasteiger partial charge in [-0.15, -0.1) is 11.3 Å². The molecule has 1 saturated heterocycles. The zero-order valence-corrected chi connectivity index (χ0v) is 42.5. The number of nitrogens with zero attached hydrogens (tertiary/aromatic N) is 5. The maximum absolute atomic E-state index is 14.5. The number of hydrazine groups is 1. The summed E-state index contributed by atoms with van der Waals surface area (Å²) in [5.41, 5.74) is 9.64. The Balaban J connectivity index is 0.00000300. The molecular formula is C41H65N7O5S7. The largest absolute Gasteiger partial charge is 0.464 e. The molecule has 0 unspecified atom stereocenters. The molecule has 3 aromatic heterocycles. The van der Waals surface area contributed by atoms with Crippen LogP contribution in [0.4, 0.5) is 0 Å². The van der Waals surface area contributed by atoms with E-state index in [0.717, 1.165) is 57.6 Å². The number of methoxy groups -OCH3 is 1. The number of hydrogen-bond donors (Lipinski definition) is 2. The number of esters is 1. The lowest BCUT2D eigenvalue weighted by atomic mass is 9.84. The summed E-state index contributed by atoms with van der Waals surface area (Å²) in [7, 11) is 5.51. The summed E-state index contributed by atoms with van der Waals surface area (Å²) in [6.45, 7) is 11.8. The number of pyridine rings is 1. The second kappa shape index (κ2) is 23.0. The third-order valence-corrected chi connectivity index (χ3v) is 12.2. The molecule has 336 valence electrons. The first-order valence-electron chi connectivity index (χ1n) is 19.1. The van der Waals surface area contributed by atoms with E-state index in [4.69, 9.17) is 19.4 Å². The van der Waals surface area contributed by atoms with Gasteiger partial charge in [-0.3, -0.25) is 29.3 Å². The molecule has 12 nitrogen and oxygen atoms in total. The van der Waals surface area contributed by atoms with Gasteiger partial charge in [-0.2, -0.15) is 81.0 Å². The Hall–Kier alpha value is -2.07. The van der Waals surface area contributed by atoms with Crippen molar-refractivity contribution in [2.45, 2.75) is 91.1 Å². The summed E-state index contributed by atoms with van der Waals surface area (Å²) in [5, 5.41) is 8.47. The third kappa shape index (κ3) is 11.4. The van der Waals surface area contributed by atoms with Crippen molar-refractivity contribution in [3.63, 3.8) is 0 Å². The van der Waals surface area contributed by atoms with Gasteiger partial charge in [0.2, 0.25) is 5.91 Å². The number of amides is 2. The van der Waals surface area contributed by atoms with Crippen molar-refractivity contribution in [2.75, 3.05) is 34.4 Å². The molecule has 3 aliphatic rings. The molecule has 2 aliphatic heterocycles. The standard InChI is InChI=1S/C41H53N7O5S.6H2S/c1-9-47-32-15-14-25-19-28(32)29(35(47)26-12-10-16-42-33(26)24(3)52-8)20-41(4,5)22-53-40(51)30-13-11-17-48(45-30)39(50)34(44-37(49)27-18-23(27)2)36(46(6)7)38-43-31(25)21-54-38;;;;;;/h10,12,14-16,19,21,23-24,27,30,34,36,45H,9,11,13,17-18,20,22H2,1-8H3,(H,44,49);6*1H2/t23-,24-,27-,30-,34-,36-;;;;;;/m0....../s1. The Morgan fingerprint density at radius 2 is 1.83 bits per heavy atom. The molecule has 0 radical (unpaired) electrons. The van der Waals surface area contributed by atoms with Crippen LogP contribution in [0.2, 0.25) is 0 Å². The Labute approximate surface area is 400 Å². The predicted molar refractivity (Wildman–Crippen MR) is 272 cm³/mol. The van der Waals surface area contributed by atoms with Crippen LogP contribution in [-0.2, 0) is 36.8 Å². The van der Waals surface area contributed by atoms with E-state index in [1.807, 2.05) is 44.3 Å². The number of rotatable bonds is 7. The topological polar surface area (TPSA) is 131 Å². The molecule has 1 aliphatic carbocycles. The number of carbonyl (C=O) groups is 3. The Kier molecular flexibility index (Phi) is 21.5. The van der Waals surface area contributed by atoms with Crippen LogP contribution in [-0.4, -0.2) is 88.7 Å². The Morgan fingerprint density at radius 3 is 2.47 bits per heavy atom. The lowest BCUT2D eigenvalue weighted by Gasteiger charge is -2.38. The molecule has 5 heterocycles. The highest BCUT2D eigenvalue weighted by atomic mass is 32.1. The van der Waals surface area contributed by atoms with E-state index in [-0.39, 0.29) is 117 Å². The normalized spacial score (nSPS) is 22.5. The molecule has 4 aromatic rings. The number of thiazole rings is 1. The van der Waals surface area contributed by atoms with E-state index in [9.17, 15) is 14.4 Å². The lowest BCUT2D eigenvalue weighted by Crippen LogP contribution is -2.62. The van der Waals surface area contributed by atoms with Gasteiger partial charge >= 0.3 is 5.97 Å². The number of ether oxygens (including phenoxy) is 2. The summed E-state index contributed by atoms with van der Waals surface area (Å²) < 4.78 is 14.2. The zero-order valence-electron chi connectivity index (χ0n) is 35.6. The van der Waals surface area contributed by atoms with Crippen molar-refractivity contribution in [1.82, 2.24) is 35.2 Å². The maximum atomic E-state index is 14.5. The summed E-state index contributed by atoms with van der Waals surface area (Å²) in [6.07, 6.45) is 4.14. The minimum atomic E-state index is -0.933. The van der Waals surface area contributed by atoms with Crippen LogP contribution >= 0.6 is 92.3 Å². The van der Waals surface area contributed by atoms with Crippen LogP contribution in [0, 0.1) is 17.3 Å². The van der Waals surface area contributed by atoms with E-state index < -0.39 is 29.5 Å². The van der Waals surface area contributed by atoms with Crippen LogP contribution < -0.4 is 10.7 Å². The molecule has 2 N–H and O–H groups in total. The van der Waals surface area contributed by atoms with E-state index in [1.165, 1.54) is 16.3 Å². The van der Waals surface area contributed by atoms with E-state index in [0.29, 0.717) is 30.8 Å². The minimum absolute atomic E-state index is 0. The molecule has 1 aromatic carbocycles. The number of aryl methyl sites for hydroxylation is 1. The average Bonchev–Trinajstić information content (AvgIpc) is 3.57. The van der Waals surface area contributed by atoms with Crippen LogP contribution in [0.5, 0.6) is 0 Å². The molecule has 60 heavy (non-hydrogen) atoms.